The molecule has 2 amide bonds. The third-order valence-corrected chi connectivity index (χ3v) is 2.77. The first-order valence-electron chi connectivity index (χ1n) is 5.42. The lowest BCUT2D eigenvalue weighted by molar-refractivity contribution is 0.256. The van der Waals surface area contributed by atoms with E-state index in [0.717, 1.165) is 16.8 Å². The number of aromatic nitrogens is 1. The molecule has 1 aromatic carbocycles. The highest BCUT2D eigenvalue weighted by Crippen LogP contribution is 2.22. The minimum Gasteiger partial charge on any atom is -0.508 e. The van der Waals surface area contributed by atoms with Gasteiger partial charge in [-0.05, 0) is 30.7 Å². The smallest absolute Gasteiger partial charge is 0.369 e. The van der Waals surface area contributed by atoms with Crippen LogP contribution in [0.15, 0.2) is 40.3 Å². The number of urea groups is 1. The summed E-state index contributed by atoms with van der Waals surface area (Å²) in [4.78, 5) is 22.8. The van der Waals surface area contributed by atoms with E-state index in [0.29, 0.717) is 10.8 Å². The molecule has 5 nitrogen and oxygen atoms in total. The summed E-state index contributed by atoms with van der Waals surface area (Å²) >= 11 is 0. The zero-order chi connectivity index (χ0) is 12.7. The number of rotatable bonds is 1. The van der Waals surface area contributed by atoms with Crippen LogP contribution in [0.1, 0.15) is 5.69 Å². The first-order valence-corrected chi connectivity index (χ1v) is 5.42. The number of phenols is 1. The third-order valence-electron chi connectivity index (χ3n) is 2.77. The SMILES string of the molecule is Cc1nc2c(cc1-c1ccc(O)cc1)=NC(=O)N=2. The van der Waals surface area contributed by atoms with Gasteiger partial charge in [0.15, 0.2) is 5.49 Å². The van der Waals surface area contributed by atoms with Gasteiger partial charge in [-0.3, -0.25) is 0 Å². The predicted molar refractivity (Wildman–Crippen MR) is 63.8 cm³/mol. The molecule has 0 atom stereocenters. The molecule has 5 heteroatoms. The Hall–Kier alpha value is -2.56. The molecule has 1 aromatic heterocycles. The number of nitrogens with zero attached hydrogens (tertiary/aromatic N) is 3. The van der Waals surface area contributed by atoms with Gasteiger partial charge in [-0.1, -0.05) is 12.1 Å². The summed E-state index contributed by atoms with van der Waals surface area (Å²) in [5.74, 6) is 0.209. The molecular formula is C13H9N3O2. The maximum atomic E-state index is 11.1. The van der Waals surface area contributed by atoms with Crippen molar-refractivity contribution in [3.8, 4) is 16.9 Å². The fourth-order valence-electron chi connectivity index (χ4n) is 1.90. The van der Waals surface area contributed by atoms with Crippen LogP contribution in [0.2, 0.25) is 0 Å². The fraction of sp³-hybridized carbons (Fsp3) is 0.0769. The number of pyridine rings is 1. The second-order valence-corrected chi connectivity index (χ2v) is 4.02. The Kier molecular flexibility index (Phi) is 2.19. The van der Waals surface area contributed by atoms with Crippen molar-refractivity contribution in [1.82, 2.24) is 4.98 Å². The predicted octanol–water partition coefficient (Wildman–Crippen LogP) is 1.14. The van der Waals surface area contributed by atoms with Crippen LogP contribution < -0.4 is 10.8 Å². The number of amides is 2. The molecule has 0 saturated heterocycles. The van der Waals surface area contributed by atoms with E-state index in [2.05, 4.69) is 15.0 Å². The van der Waals surface area contributed by atoms with E-state index >= 15 is 0 Å². The lowest BCUT2D eigenvalue weighted by atomic mass is 10.0. The molecule has 88 valence electrons. The van der Waals surface area contributed by atoms with Crippen LogP contribution >= 0.6 is 0 Å². The third kappa shape index (κ3) is 1.66. The second-order valence-electron chi connectivity index (χ2n) is 4.02. The zero-order valence-electron chi connectivity index (χ0n) is 9.58. The molecule has 3 rings (SSSR count). The van der Waals surface area contributed by atoms with E-state index in [9.17, 15) is 9.90 Å². The molecule has 2 aromatic rings. The molecule has 1 aliphatic rings. The Labute approximate surface area is 102 Å². The van der Waals surface area contributed by atoms with Gasteiger partial charge >= 0.3 is 6.03 Å². The summed E-state index contributed by atoms with van der Waals surface area (Å²) in [7, 11) is 0. The van der Waals surface area contributed by atoms with Gasteiger partial charge in [0.1, 0.15) is 11.1 Å². The fourth-order valence-corrected chi connectivity index (χ4v) is 1.90. The summed E-state index contributed by atoms with van der Waals surface area (Å²) in [6, 6.07) is 8.07. The molecule has 0 aliphatic carbocycles. The number of hydrogen-bond donors (Lipinski definition) is 1. The molecule has 0 saturated carbocycles. The van der Waals surface area contributed by atoms with Crippen LogP contribution in [0.25, 0.3) is 11.1 Å². The molecule has 0 fully saturated rings. The monoisotopic (exact) mass is 239 g/mol. The van der Waals surface area contributed by atoms with Crippen LogP contribution in [0.3, 0.4) is 0 Å². The number of carbonyl (C=O) groups excluding carboxylic acids is 1. The van der Waals surface area contributed by atoms with Crippen LogP contribution in [-0.4, -0.2) is 16.1 Å². The molecule has 0 spiro atoms. The number of benzene rings is 1. The summed E-state index contributed by atoms with van der Waals surface area (Å²) in [5, 5.41) is 9.76. The summed E-state index contributed by atoms with van der Waals surface area (Å²) < 4.78 is 0. The van der Waals surface area contributed by atoms with Crippen molar-refractivity contribution in [2.45, 2.75) is 6.92 Å². The van der Waals surface area contributed by atoms with Crippen LogP contribution in [-0.2, 0) is 0 Å². The van der Waals surface area contributed by atoms with Crippen LogP contribution in [0, 0.1) is 6.92 Å². The molecule has 2 heterocycles. The van der Waals surface area contributed by atoms with Gasteiger partial charge in [0.05, 0.1) is 0 Å². The van der Waals surface area contributed by atoms with Crippen molar-refractivity contribution in [2.75, 3.05) is 0 Å². The van der Waals surface area contributed by atoms with Gasteiger partial charge in [0.25, 0.3) is 0 Å². The number of phenolic OH excluding ortho intramolecular Hbond substituents is 1. The normalized spacial score (nSPS) is 12.8. The quantitative estimate of drug-likeness (QED) is 0.810. The Morgan fingerprint density at radius 1 is 1.11 bits per heavy atom. The number of aromatic hydroxyl groups is 1. The minimum atomic E-state index is -0.514. The van der Waals surface area contributed by atoms with Gasteiger partial charge < -0.3 is 5.11 Å². The molecule has 1 N–H and O–H groups in total. The van der Waals surface area contributed by atoms with E-state index < -0.39 is 6.03 Å². The highest BCUT2D eigenvalue weighted by molar-refractivity contribution is 5.77. The van der Waals surface area contributed by atoms with Gasteiger partial charge in [0.2, 0.25) is 0 Å². The molecule has 0 radical (unpaired) electrons. The lowest BCUT2D eigenvalue weighted by Gasteiger charge is -2.04. The van der Waals surface area contributed by atoms with Crippen molar-refractivity contribution in [3.05, 3.63) is 46.9 Å². The van der Waals surface area contributed by atoms with Gasteiger partial charge in [-0.2, -0.15) is 9.98 Å². The van der Waals surface area contributed by atoms with Crippen molar-refractivity contribution in [2.24, 2.45) is 9.98 Å². The summed E-state index contributed by atoms with van der Waals surface area (Å²) in [6.07, 6.45) is 0. The Morgan fingerprint density at radius 3 is 2.56 bits per heavy atom. The van der Waals surface area contributed by atoms with Crippen LogP contribution in [0.5, 0.6) is 5.75 Å². The van der Waals surface area contributed by atoms with Gasteiger partial charge in [0, 0.05) is 11.3 Å². The summed E-state index contributed by atoms with van der Waals surface area (Å²) in [5.41, 5.74) is 2.94. The maximum Gasteiger partial charge on any atom is 0.369 e. The number of fused-ring (bicyclic) bond motifs is 1. The average molecular weight is 239 g/mol. The Morgan fingerprint density at radius 2 is 1.83 bits per heavy atom. The molecule has 1 aliphatic heterocycles. The zero-order valence-corrected chi connectivity index (χ0v) is 9.58. The Bertz CT molecular complexity index is 764. The molecule has 18 heavy (non-hydrogen) atoms. The topological polar surface area (TPSA) is 74.9 Å². The number of aryl methyl sites for hydroxylation is 1. The molecule has 0 unspecified atom stereocenters. The van der Waals surface area contributed by atoms with Gasteiger partial charge in [-0.25, -0.2) is 9.78 Å². The van der Waals surface area contributed by atoms with E-state index in [1.54, 1.807) is 30.3 Å². The van der Waals surface area contributed by atoms with E-state index in [1.165, 1.54) is 0 Å². The summed E-state index contributed by atoms with van der Waals surface area (Å²) in [6.45, 7) is 1.85. The number of carbonyl (C=O) groups is 1. The van der Waals surface area contributed by atoms with E-state index in [4.69, 9.17) is 0 Å². The maximum absolute atomic E-state index is 11.1. The van der Waals surface area contributed by atoms with E-state index in [1.807, 2.05) is 6.92 Å². The largest absolute Gasteiger partial charge is 0.508 e. The van der Waals surface area contributed by atoms with Gasteiger partial charge in [-0.15, -0.1) is 0 Å². The standard InChI is InChI=1S/C13H9N3O2/c1-7-10(8-2-4-9(17)5-3-8)6-11-12(14-7)16-13(18)15-11/h2-6,17H,1H3. The van der Waals surface area contributed by atoms with E-state index in [-0.39, 0.29) is 5.75 Å². The second kappa shape index (κ2) is 3.73. The van der Waals surface area contributed by atoms with Crippen molar-refractivity contribution < 1.29 is 9.90 Å². The Balaban J connectivity index is 2.24. The average Bonchev–Trinajstić information content (AvgIpc) is 2.68. The first kappa shape index (κ1) is 10.6. The van der Waals surface area contributed by atoms with Crippen molar-refractivity contribution in [1.29, 1.82) is 0 Å². The first-order chi connectivity index (χ1) is 8.63. The van der Waals surface area contributed by atoms with Crippen LogP contribution in [0.4, 0.5) is 4.79 Å². The van der Waals surface area contributed by atoms with Crippen molar-refractivity contribution in [3.63, 3.8) is 0 Å². The minimum absolute atomic E-state index is 0.209. The highest BCUT2D eigenvalue weighted by atomic mass is 16.3. The molecular weight excluding hydrogens is 230 g/mol. The lowest BCUT2D eigenvalue weighted by Crippen LogP contribution is -2.26. The highest BCUT2D eigenvalue weighted by Gasteiger charge is 2.10. The van der Waals surface area contributed by atoms with Crippen molar-refractivity contribution >= 4 is 6.03 Å². The number of hydrogen-bond acceptors (Lipinski definition) is 3. The molecule has 0 bridgehead atoms.